The Morgan fingerprint density at radius 3 is 2.89 bits per heavy atom. The van der Waals surface area contributed by atoms with E-state index in [4.69, 9.17) is 0 Å². The lowest BCUT2D eigenvalue weighted by Crippen LogP contribution is -1.95. The summed E-state index contributed by atoms with van der Waals surface area (Å²) in [7, 11) is 1.95. The van der Waals surface area contributed by atoms with Gasteiger partial charge in [-0.15, -0.1) is 5.10 Å². The van der Waals surface area contributed by atoms with Crippen molar-refractivity contribution in [3.05, 3.63) is 11.9 Å². The van der Waals surface area contributed by atoms with Gasteiger partial charge in [-0.1, -0.05) is 5.21 Å². The Morgan fingerprint density at radius 2 is 2.44 bits per heavy atom. The molecule has 48 valence electrons. The van der Waals surface area contributed by atoms with Crippen LogP contribution in [-0.4, -0.2) is 15.0 Å². The molecule has 2 rings (SSSR count). The maximum Gasteiger partial charge on any atom is 0.0727 e. The van der Waals surface area contributed by atoms with Crippen LogP contribution in [0.3, 0.4) is 0 Å². The Labute approximate surface area is 53.7 Å². The Bertz CT molecular complexity index is 212. The first-order valence-electron chi connectivity index (χ1n) is 3.22. The molecular weight excluding hydrogens is 114 g/mol. The van der Waals surface area contributed by atoms with Crippen LogP contribution in [0.15, 0.2) is 6.20 Å². The minimum absolute atomic E-state index is 0.769. The summed E-state index contributed by atoms with van der Waals surface area (Å²) in [5.74, 6) is 0.769. The van der Waals surface area contributed by atoms with Gasteiger partial charge in [-0.3, -0.25) is 4.68 Å². The third-order valence-electron chi connectivity index (χ3n) is 1.75. The van der Waals surface area contributed by atoms with Crippen LogP contribution in [0.25, 0.3) is 0 Å². The zero-order valence-electron chi connectivity index (χ0n) is 5.41. The zero-order chi connectivity index (χ0) is 6.27. The molecule has 0 N–H and O–H groups in total. The average Bonchev–Trinajstić information content (AvgIpc) is 2.58. The predicted octanol–water partition coefficient (Wildman–Crippen LogP) is 0.692. The minimum Gasteiger partial charge on any atom is -0.252 e. The van der Waals surface area contributed by atoms with Crippen LogP contribution in [0, 0.1) is 0 Å². The average molecular weight is 123 g/mol. The molecule has 1 aromatic heterocycles. The fraction of sp³-hybridized carbons (Fsp3) is 0.667. The number of aryl methyl sites for hydroxylation is 1. The van der Waals surface area contributed by atoms with Crippen molar-refractivity contribution in [1.29, 1.82) is 0 Å². The molecule has 1 aliphatic rings. The molecule has 0 aliphatic heterocycles. The van der Waals surface area contributed by atoms with Crippen LogP contribution < -0.4 is 0 Å². The highest BCUT2D eigenvalue weighted by molar-refractivity contribution is 5.09. The van der Waals surface area contributed by atoms with Crippen LogP contribution in [-0.2, 0) is 7.05 Å². The van der Waals surface area contributed by atoms with Gasteiger partial charge in [0.2, 0.25) is 0 Å². The van der Waals surface area contributed by atoms with Gasteiger partial charge in [0.15, 0.2) is 0 Å². The van der Waals surface area contributed by atoms with Crippen molar-refractivity contribution in [1.82, 2.24) is 15.0 Å². The van der Waals surface area contributed by atoms with Crippen molar-refractivity contribution in [3.63, 3.8) is 0 Å². The van der Waals surface area contributed by atoms with Crippen molar-refractivity contribution < 1.29 is 0 Å². The summed E-state index contributed by atoms with van der Waals surface area (Å²) in [6, 6.07) is 0. The first-order valence-corrected chi connectivity index (χ1v) is 3.22. The van der Waals surface area contributed by atoms with Crippen LogP contribution in [0.2, 0.25) is 0 Å². The molecule has 1 heterocycles. The molecule has 0 aromatic carbocycles. The molecule has 1 fully saturated rings. The van der Waals surface area contributed by atoms with E-state index in [1.165, 1.54) is 18.5 Å². The molecule has 1 saturated carbocycles. The maximum atomic E-state index is 3.84. The Balaban J connectivity index is 2.35. The van der Waals surface area contributed by atoms with E-state index in [0.29, 0.717) is 0 Å². The van der Waals surface area contributed by atoms with E-state index < -0.39 is 0 Å². The molecule has 1 aliphatic carbocycles. The van der Waals surface area contributed by atoms with Crippen LogP contribution in [0.4, 0.5) is 0 Å². The fourth-order valence-electron chi connectivity index (χ4n) is 1.05. The maximum absolute atomic E-state index is 3.84. The molecule has 0 saturated heterocycles. The highest BCUT2D eigenvalue weighted by Gasteiger charge is 2.26. The lowest BCUT2D eigenvalue weighted by Gasteiger charge is -1.92. The van der Waals surface area contributed by atoms with Gasteiger partial charge in [-0.25, -0.2) is 0 Å². The standard InChI is InChI=1S/C6H9N3/c1-9-6(4-7-8-9)5-2-3-5/h4-5H,2-3H2,1H3. The van der Waals surface area contributed by atoms with Crippen molar-refractivity contribution in [2.75, 3.05) is 0 Å². The summed E-state index contributed by atoms with van der Waals surface area (Å²) in [5.41, 5.74) is 1.29. The highest BCUT2D eigenvalue weighted by Crippen LogP contribution is 2.38. The zero-order valence-corrected chi connectivity index (χ0v) is 5.41. The summed E-state index contributed by atoms with van der Waals surface area (Å²) in [6.45, 7) is 0. The van der Waals surface area contributed by atoms with Crippen LogP contribution >= 0.6 is 0 Å². The van der Waals surface area contributed by atoms with Gasteiger partial charge >= 0.3 is 0 Å². The first-order chi connectivity index (χ1) is 4.38. The van der Waals surface area contributed by atoms with E-state index in [-0.39, 0.29) is 0 Å². The van der Waals surface area contributed by atoms with E-state index in [9.17, 15) is 0 Å². The van der Waals surface area contributed by atoms with Gasteiger partial charge in [-0.05, 0) is 12.8 Å². The number of aromatic nitrogens is 3. The molecule has 3 heteroatoms. The smallest absolute Gasteiger partial charge is 0.0727 e. The SMILES string of the molecule is Cn1nncc1C1CC1. The summed E-state index contributed by atoms with van der Waals surface area (Å²) in [6.07, 6.45) is 4.50. The second-order valence-electron chi connectivity index (χ2n) is 2.56. The third kappa shape index (κ3) is 0.724. The second kappa shape index (κ2) is 1.56. The Kier molecular flexibility index (Phi) is 0.860. The number of rotatable bonds is 1. The van der Waals surface area contributed by atoms with E-state index in [1.807, 2.05) is 17.9 Å². The summed E-state index contributed by atoms with van der Waals surface area (Å²) < 4.78 is 1.86. The highest BCUT2D eigenvalue weighted by atomic mass is 15.4. The Morgan fingerprint density at radius 1 is 1.67 bits per heavy atom. The molecule has 0 bridgehead atoms. The summed E-state index contributed by atoms with van der Waals surface area (Å²) >= 11 is 0. The van der Waals surface area contributed by atoms with Gasteiger partial charge in [-0.2, -0.15) is 0 Å². The predicted molar refractivity (Wildman–Crippen MR) is 33.0 cm³/mol. The number of nitrogens with zero attached hydrogens (tertiary/aromatic N) is 3. The van der Waals surface area contributed by atoms with E-state index in [2.05, 4.69) is 10.3 Å². The van der Waals surface area contributed by atoms with Crippen molar-refractivity contribution >= 4 is 0 Å². The fourth-order valence-corrected chi connectivity index (χ4v) is 1.05. The molecule has 0 spiro atoms. The Hall–Kier alpha value is -0.860. The topological polar surface area (TPSA) is 30.7 Å². The van der Waals surface area contributed by atoms with E-state index in [1.54, 1.807) is 0 Å². The molecule has 3 nitrogen and oxygen atoms in total. The third-order valence-corrected chi connectivity index (χ3v) is 1.75. The largest absolute Gasteiger partial charge is 0.252 e. The van der Waals surface area contributed by atoms with Gasteiger partial charge in [0.25, 0.3) is 0 Å². The van der Waals surface area contributed by atoms with Gasteiger partial charge in [0, 0.05) is 13.0 Å². The summed E-state index contributed by atoms with van der Waals surface area (Å²) in [5, 5.41) is 7.64. The second-order valence-corrected chi connectivity index (χ2v) is 2.56. The molecule has 9 heavy (non-hydrogen) atoms. The molecular formula is C6H9N3. The lowest BCUT2D eigenvalue weighted by molar-refractivity contribution is 0.679. The number of hydrogen-bond donors (Lipinski definition) is 0. The normalized spacial score (nSPS) is 18.3. The van der Waals surface area contributed by atoms with E-state index >= 15 is 0 Å². The van der Waals surface area contributed by atoms with Gasteiger partial charge in [0.05, 0.1) is 11.9 Å². The van der Waals surface area contributed by atoms with E-state index in [0.717, 1.165) is 5.92 Å². The molecule has 1 aromatic rings. The van der Waals surface area contributed by atoms with Crippen LogP contribution in [0.1, 0.15) is 24.5 Å². The molecule has 0 radical (unpaired) electrons. The van der Waals surface area contributed by atoms with Crippen molar-refractivity contribution in [2.24, 2.45) is 7.05 Å². The minimum atomic E-state index is 0.769. The molecule has 0 amide bonds. The molecule has 0 unspecified atom stereocenters. The monoisotopic (exact) mass is 123 g/mol. The first kappa shape index (κ1) is 4.97. The van der Waals surface area contributed by atoms with Crippen LogP contribution in [0.5, 0.6) is 0 Å². The van der Waals surface area contributed by atoms with Gasteiger partial charge in [0.1, 0.15) is 0 Å². The molecule has 0 atom stereocenters. The lowest BCUT2D eigenvalue weighted by atomic mass is 10.3. The quantitative estimate of drug-likeness (QED) is 0.550. The number of hydrogen-bond acceptors (Lipinski definition) is 2. The van der Waals surface area contributed by atoms with Crippen molar-refractivity contribution in [3.8, 4) is 0 Å². The summed E-state index contributed by atoms with van der Waals surface area (Å²) in [4.78, 5) is 0. The van der Waals surface area contributed by atoms with Crippen molar-refractivity contribution in [2.45, 2.75) is 18.8 Å². The van der Waals surface area contributed by atoms with Gasteiger partial charge < -0.3 is 0 Å².